The molecule has 11 heteroatoms. The maximum absolute atomic E-state index is 13.0. The van der Waals surface area contributed by atoms with Gasteiger partial charge < -0.3 is 9.80 Å². The number of fused-ring (bicyclic) bond motifs is 1. The Kier molecular flexibility index (Phi) is 8.32. The topological polar surface area (TPSA) is 113 Å². The van der Waals surface area contributed by atoms with Gasteiger partial charge in [-0.1, -0.05) is 35.9 Å². The number of carbonyl (C=O) groups excluding carboxylic acids is 2. The number of nitrogens with zero attached hydrogens (tertiary/aromatic N) is 4. The number of para-hydroxylation sites is 1. The lowest BCUT2D eigenvalue weighted by atomic mass is 10.1. The summed E-state index contributed by atoms with van der Waals surface area (Å²) in [6, 6.07) is 18.6. The molecule has 0 unspecified atom stereocenters. The van der Waals surface area contributed by atoms with Crippen molar-refractivity contribution in [2.45, 2.75) is 4.90 Å². The molecule has 3 heterocycles. The average molecular weight is 538 g/mol. The quantitative estimate of drug-likeness (QED) is 0.389. The minimum atomic E-state index is -3.96. The molecule has 1 fully saturated rings. The van der Waals surface area contributed by atoms with Gasteiger partial charge in [0.2, 0.25) is 6.41 Å². The molecule has 2 aromatic heterocycles. The van der Waals surface area contributed by atoms with Gasteiger partial charge in [-0.25, -0.2) is 8.42 Å². The van der Waals surface area contributed by atoms with E-state index in [1.54, 1.807) is 46.5 Å². The molecular formula is C26H24ClN5O4S. The Balaban J connectivity index is 0.000000469. The molecule has 9 nitrogen and oxygen atoms in total. The maximum Gasteiger partial charge on any atom is 0.264 e. The number of anilines is 1. The van der Waals surface area contributed by atoms with E-state index in [9.17, 15) is 18.0 Å². The highest BCUT2D eigenvalue weighted by Gasteiger charge is 2.23. The molecule has 1 saturated heterocycles. The van der Waals surface area contributed by atoms with E-state index in [2.05, 4.69) is 14.7 Å². The van der Waals surface area contributed by atoms with Crippen molar-refractivity contribution in [3.8, 4) is 0 Å². The van der Waals surface area contributed by atoms with Gasteiger partial charge in [0, 0.05) is 55.7 Å². The van der Waals surface area contributed by atoms with E-state index in [1.165, 1.54) is 30.5 Å². The number of pyridine rings is 2. The number of hydrogen-bond donors (Lipinski definition) is 1. The summed E-state index contributed by atoms with van der Waals surface area (Å²) in [5.74, 6) is -0.222. The van der Waals surface area contributed by atoms with Gasteiger partial charge >= 0.3 is 0 Å². The molecule has 2 amide bonds. The van der Waals surface area contributed by atoms with Crippen molar-refractivity contribution >= 4 is 50.5 Å². The first-order valence-corrected chi connectivity index (χ1v) is 13.2. The van der Waals surface area contributed by atoms with E-state index in [0.29, 0.717) is 42.6 Å². The van der Waals surface area contributed by atoms with Crippen LogP contribution in [0.25, 0.3) is 10.9 Å². The zero-order chi connectivity index (χ0) is 26.3. The zero-order valence-electron chi connectivity index (χ0n) is 19.7. The number of halogens is 1. The van der Waals surface area contributed by atoms with E-state index in [4.69, 9.17) is 11.6 Å². The molecule has 37 heavy (non-hydrogen) atoms. The second-order valence-electron chi connectivity index (χ2n) is 8.09. The summed E-state index contributed by atoms with van der Waals surface area (Å²) in [4.78, 5) is 34.8. The van der Waals surface area contributed by atoms with Crippen molar-refractivity contribution in [1.29, 1.82) is 0 Å². The first-order chi connectivity index (χ1) is 17.9. The molecule has 0 saturated carbocycles. The molecule has 0 radical (unpaired) electrons. The highest BCUT2D eigenvalue weighted by molar-refractivity contribution is 7.93. The van der Waals surface area contributed by atoms with Crippen LogP contribution in [0.5, 0.6) is 0 Å². The lowest BCUT2D eigenvalue weighted by molar-refractivity contribution is -0.119. The van der Waals surface area contributed by atoms with Gasteiger partial charge in [-0.3, -0.25) is 24.3 Å². The van der Waals surface area contributed by atoms with Crippen LogP contribution >= 0.6 is 11.6 Å². The second-order valence-corrected chi connectivity index (χ2v) is 10.1. The van der Waals surface area contributed by atoms with E-state index in [-0.39, 0.29) is 21.5 Å². The van der Waals surface area contributed by atoms with Crippen LogP contribution in [0, 0.1) is 0 Å². The summed E-state index contributed by atoms with van der Waals surface area (Å²) in [7, 11) is -3.96. The largest absolute Gasteiger partial charge is 0.342 e. The molecule has 0 atom stereocenters. The average Bonchev–Trinajstić information content (AvgIpc) is 2.94. The summed E-state index contributed by atoms with van der Waals surface area (Å²) in [5.41, 5.74) is 0.867. The summed E-state index contributed by atoms with van der Waals surface area (Å²) in [5, 5.41) is 0.807. The van der Waals surface area contributed by atoms with Gasteiger partial charge in [0.15, 0.2) is 0 Å². The first kappa shape index (κ1) is 26.1. The van der Waals surface area contributed by atoms with E-state index >= 15 is 0 Å². The van der Waals surface area contributed by atoms with E-state index < -0.39 is 10.0 Å². The van der Waals surface area contributed by atoms with Gasteiger partial charge in [0.1, 0.15) is 4.90 Å². The fraction of sp³-hybridized carbons (Fsp3) is 0.154. The zero-order valence-corrected chi connectivity index (χ0v) is 21.3. The third-order valence-electron chi connectivity index (χ3n) is 5.66. The lowest BCUT2D eigenvalue weighted by Gasteiger charge is -2.32. The first-order valence-electron chi connectivity index (χ1n) is 11.4. The molecular weight excluding hydrogens is 514 g/mol. The Morgan fingerprint density at radius 3 is 2.27 bits per heavy atom. The highest BCUT2D eigenvalue weighted by Crippen LogP contribution is 2.28. The molecule has 5 rings (SSSR count). The van der Waals surface area contributed by atoms with Gasteiger partial charge in [-0.15, -0.1) is 0 Å². The summed E-state index contributed by atoms with van der Waals surface area (Å²) >= 11 is 6.30. The lowest BCUT2D eigenvalue weighted by Crippen LogP contribution is -2.48. The molecule has 0 aliphatic carbocycles. The Labute approximate surface area is 219 Å². The van der Waals surface area contributed by atoms with Gasteiger partial charge in [0.25, 0.3) is 15.9 Å². The van der Waals surface area contributed by atoms with Gasteiger partial charge in [0.05, 0.1) is 16.2 Å². The van der Waals surface area contributed by atoms with Crippen molar-refractivity contribution in [3.63, 3.8) is 0 Å². The number of aromatic nitrogens is 2. The predicted molar refractivity (Wildman–Crippen MR) is 142 cm³/mol. The third-order valence-corrected chi connectivity index (χ3v) is 7.37. The number of sulfonamides is 1. The number of hydrogen-bond acceptors (Lipinski definition) is 6. The van der Waals surface area contributed by atoms with E-state index in [0.717, 1.165) is 6.41 Å². The fourth-order valence-electron chi connectivity index (χ4n) is 3.75. The number of carbonyl (C=O) groups is 2. The molecule has 1 aliphatic rings. The summed E-state index contributed by atoms with van der Waals surface area (Å²) < 4.78 is 28.4. The number of rotatable bonds is 5. The maximum atomic E-state index is 13.0. The molecule has 0 spiro atoms. The van der Waals surface area contributed by atoms with Crippen molar-refractivity contribution in [3.05, 3.63) is 95.9 Å². The van der Waals surface area contributed by atoms with Crippen LogP contribution in [0.3, 0.4) is 0 Å². The normalized spacial score (nSPS) is 13.4. The number of amides is 2. The second kappa shape index (κ2) is 11.8. The molecule has 190 valence electrons. The number of benzene rings is 2. The molecule has 0 bridgehead atoms. The van der Waals surface area contributed by atoms with Gasteiger partial charge in [-0.05, 0) is 42.5 Å². The molecule has 1 N–H and O–H groups in total. The molecule has 1 aliphatic heterocycles. The van der Waals surface area contributed by atoms with E-state index in [1.807, 2.05) is 18.2 Å². The van der Waals surface area contributed by atoms with Crippen LogP contribution in [0.4, 0.5) is 5.69 Å². The minimum Gasteiger partial charge on any atom is -0.342 e. The van der Waals surface area contributed by atoms with Crippen LogP contribution in [0.2, 0.25) is 5.02 Å². The minimum absolute atomic E-state index is 0.0369. The summed E-state index contributed by atoms with van der Waals surface area (Å²) in [6.07, 6.45) is 5.80. The Bertz CT molecular complexity index is 1460. The van der Waals surface area contributed by atoms with Gasteiger partial charge in [-0.2, -0.15) is 0 Å². The number of piperazine rings is 1. The van der Waals surface area contributed by atoms with Crippen LogP contribution in [-0.2, 0) is 14.8 Å². The van der Waals surface area contributed by atoms with Crippen LogP contribution in [0.1, 0.15) is 10.4 Å². The van der Waals surface area contributed by atoms with Crippen molar-refractivity contribution in [2.24, 2.45) is 0 Å². The third kappa shape index (κ3) is 6.41. The number of nitrogens with one attached hydrogen (secondary N) is 1. The molecule has 4 aromatic rings. The Morgan fingerprint density at radius 1 is 0.919 bits per heavy atom. The van der Waals surface area contributed by atoms with Crippen LogP contribution < -0.4 is 4.72 Å². The van der Waals surface area contributed by atoms with Crippen molar-refractivity contribution in [1.82, 2.24) is 19.8 Å². The predicted octanol–water partition coefficient (Wildman–Crippen LogP) is 3.68. The van der Waals surface area contributed by atoms with Crippen LogP contribution in [0.15, 0.2) is 90.2 Å². The fourth-order valence-corrected chi connectivity index (χ4v) is 5.29. The Morgan fingerprint density at radius 2 is 1.65 bits per heavy atom. The smallest absolute Gasteiger partial charge is 0.264 e. The SMILES string of the molecule is O=CN1CCN(C(=O)c2ccc(NS(=O)(=O)c3cccc4cccnc34)c(Cl)c2)CC1.c1ccncc1. The standard InChI is InChI=1S/C21H19ClN4O4S.C5H5N/c22-17-13-16(21(28)26-11-9-25(14-27)10-12-26)6-7-18(17)24-31(29,30)19-5-1-3-15-4-2-8-23-20(15)19;1-2-4-6-5-3-1/h1-8,13-14,24H,9-12H2;1-5H. The Hall–Kier alpha value is -4.02. The van der Waals surface area contributed by atoms with Crippen molar-refractivity contribution in [2.75, 3.05) is 30.9 Å². The van der Waals surface area contributed by atoms with Crippen molar-refractivity contribution < 1.29 is 18.0 Å². The summed E-state index contributed by atoms with van der Waals surface area (Å²) in [6.45, 7) is 1.80. The highest BCUT2D eigenvalue weighted by atomic mass is 35.5. The van der Waals surface area contributed by atoms with Crippen LogP contribution in [-0.4, -0.2) is 66.7 Å². The monoisotopic (exact) mass is 537 g/mol. The molecule has 2 aromatic carbocycles.